The predicted octanol–water partition coefficient (Wildman–Crippen LogP) is 5.77. The van der Waals surface area contributed by atoms with Gasteiger partial charge in [-0.1, -0.05) is 47.5 Å². The van der Waals surface area contributed by atoms with Gasteiger partial charge < -0.3 is 5.32 Å². The molecule has 1 N–H and O–H groups in total. The van der Waals surface area contributed by atoms with Crippen molar-refractivity contribution in [2.24, 2.45) is 0 Å². The fourth-order valence-electron chi connectivity index (χ4n) is 3.07. The van der Waals surface area contributed by atoms with Crippen LogP contribution >= 0.6 is 35.0 Å². The largest absolute Gasteiger partial charge is 0.354 e. The van der Waals surface area contributed by atoms with Crippen molar-refractivity contribution >= 4 is 56.6 Å². The van der Waals surface area contributed by atoms with Gasteiger partial charge in [-0.25, -0.2) is 12.8 Å². The summed E-state index contributed by atoms with van der Waals surface area (Å²) in [6.07, 6.45) is 0.659. The molecular weight excluding hydrogens is 518 g/mol. The van der Waals surface area contributed by atoms with Crippen LogP contribution in [0.4, 0.5) is 10.1 Å². The van der Waals surface area contributed by atoms with Crippen LogP contribution in [-0.2, 0) is 20.6 Å². The number of halogens is 3. The minimum absolute atomic E-state index is 0.00854. The van der Waals surface area contributed by atoms with Gasteiger partial charge in [-0.15, -0.1) is 0 Å². The number of hydrogen-bond donors (Lipinski definition) is 1. The normalized spacial score (nSPS) is 11.3. The number of sulfonamides is 1. The number of carbonyl (C=O) groups excluding carboxylic acids is 1. The second-order valence-corrected chi connectivity index (χ2v) is 11.1. The van der Waals surface area contributed by atoms with E-state index in [-0.39, 0.29) is 16.4 Å². The summed E-state index contributed by atoms with van der Waals surface area (Å²) >= 11 is 13.5. The fourth-order valence-corrected chi connectivity index (χ4v) is 5.74. The van der Waals surface area contributed by atoms with Gasteiger partial charge in [0.25, 0.3) is 10.0 Å². The number of thioether (sulfide) groups is 1. The van der Waals surface area contributed by atoms with Crippen molar-refractivity contribution in [1.29, 1.82) is 0 Å². The standard InChI is InChI=1S/C24H23Cl2FN2O3S2/c25-19-9-11-22(12-10-19)34(31,32)29(21-7-3-6-20(26)15-21)16-24(30)28-13-4-14-33-17-18-5-1-2-8-23(18)27/h1-3,5-12,15H,4,13-14,16-17H2,(H,28,30). The topological polar surface area (TPSA) is 66.5 Å². The third kappa shape index (κ3) is 7.37. The highest BCUT2D eigenvalue weighted by Gasteiger charge is 2.27. The Morgan fingerprint density at radius 3 is 2.41 bits per heavy atom. The Balaban J connectivity index is 1.59. The van der Waals surface area contributed by atoms with Crippen molar-refractivity contribution in [1.82, 2.24) is 5.32 Å². The molecule has 0 aliphatic heterocycles. The van der Waals surface area contributed by atoms with E-state index < -0.39 is 22.5 Å². The third-order valence-electron chi connectivity index (χ3n) is 4.79. The van der Waals surface area contributed by atoms with Crippen LogP contribution in [0.2, 0.25) is 10.0 Å². The van der Waals surface area contributed by atoms with Gasteiger partial charge in [0, 0.05) is 22.3 Å². The van der Waals surface area contributed by atoms with Crippen molar-refractivity contribution in [3.8, 4) is 0 Å². The average Bonchev–Trinajstić information content (AvgIpc) is 2.81. The predicted molar refractivity (Wildman–Crippen MR) is 138 cm³/mol. The van der Waals surface area contributed by atoms with Crippen LogP contribution < -0.4 is 9.62 Å². The molecule has 0 bridgehead atoms. The zero-order valence-corrected chi connectivity index (χ0v) is 21.2. The lowest BCUT2D eigenvalue weighted by Gasteiger charge is -2.24. The summed E-state index contributed by atoms with van der Waals surface area (Å²) in [6.45, 7) is -0.0405. The van der Waals surface area contributed by atoms with Gasteiger partial charge in [0.05, 0.1) is 10.6 Å². The van der Waals surface area contributed by atoms with Gasteiger partial charge >= 0.3 is 0 Å². The highest BCUT2D eigenvalue weighted by Crippen LogP contribution is 2.26. The van der Waals surface area contributed by atoms with E-state index in [2.05, 4.69) is 5.32 Å². The summed E-state index contributed by atoms with van der Waals surface area (Å²) < 4.78 is 41.3. The van der Waals surface area contributed by atoms with Crippen LogP contribution in [0.1, 0.15) is 12.0 Å². The number of anilines is 1. The molecule has 34 heavy (non-hydrogen) atoms. The molecule has 0 aliphatic rings. The molecule has 0 heterocycles. The number of nitrogens with zero attached hydrogens (tertiary/aromatic N) is 1. The smallest absolute Gasteiger partial charge is 0.264 e. The van der Waals surface area contributed by atoms with Crippen molar-refractivity contribution in [2.45, 2.75) is 17.1 Å². The molecule has 0 spiro atoms. The molecule has 0 atom stereocenters. The molecule has 180 valence electrons. The molecule has 0 radical (unpaired) electrons. The van der Waals surface area contributed by atoms with Gasteiger partial charge in [0.2, 0.25) is 5.91 Å². The summed E-state index contributed by atoms with van der Waals surface area (Å²) in [5.74, 6) is 0.584. The van der Waals surface area contributed by atoms with Crippen LogP contribution in [0.15, 0.2) is 77.7 Å². The van der Waals surface area contributed by atoms with Crippen LogP contribution in [0, 0.1) is 5.82 Å². The molecule has 3 aromatic rings. The Morgan fingerprint density at radius 1 is 0.971 bits per heavy atom. The molecular formula is C24H23Cl2FN2O3S2. The number of benzene rings is 3. The van der Waals surface area contributed by atoms with Crippen molar-refractivity contribution in [2.75, 3.05) is 23.1 Å². The maximum atomic E-state index is 13.7. The lowest BCUT2D eigenvalue weighted by Crippen LogP contribution is -2.41. The van der Waals surface area contributed by atoms with Gasteiger partial charge in [0.15, 0.2) is 0 Å². The minimum Gasteiger partial charge on any atom is -0.354 e. The van der Waals surface area contributed by atoms with Crippen LogP contribution in [0.5, 0.6) is 0 Å². The van der Waals surface area contributed by atoms with E-state index in [1.807, 2.05) is 0 Å². The zero-order chi connectivity index (χ0) is 24.6. The van der Waals surface area contributed by atoms with Gasteiger partial charge in [0.1, 0.15) is 12.4 Å². The van der Waals surface area contributed by atoms with Gasteiger partial charge in [-0.05, 0) is 66.3 Å². The summed E-state index contributed by atoms with van der Waals surface area (Å²) in [5.41, 5.74) is 0.916. The molecule has 3 rings (SSSR count). The molecule has 0 saturated heterocycles. The number of nitrogens with one attached hydrogen (secondary N) is 1. The summed E-state index contributed by atoms with van der Waals surface area (Å²) in [5, 5.41) is 3.50. The van der Waals surface area contributed by atoms with Crippen LogP contribution in [0.25, 0.3) is 0 Å². The van der Waals surface area contributed by atoms with Crippen LogP contribution in [0.3, 0.4) is 0 Å². The molecule has 0 fully saturated rings. The Morgan fingerprint density at radius 2 is 1.71 bits per heavy atom. The Kier molecular flexibility index (Phi) is 9.64. The minimum atomic E-state index is -4.04. The van der Waals surface area contributed by atoms with Crippen molar-refractivity contribution < 1.29 is 17.6 Å². The second kappa shape index (κ2) is 12.4. The lowest BCUT2D eigenvalue weighted by molar-refractivity contribution is -0.119. The number of hydrogen-bond acceptors (Lipinski definition) is 4. The van der Waals surface area contributed by atoms with E-state index in [1.165, 1.54) is 36.4 Å². The monoisotopic (exact) mass is 540 g/mol. The van der Waals surface area contributed by atoms with E-state index in [0.717, 1.165) is 10.1 Å². The molecule has 10 heteroatoms. The van der Waals surface area contributed by atoms with E-state index in [4.69, 9.17) is 23.2 Å². The molecule has 5 nitrogen and oxygen atoms in total. The summed E-state index contributed by atoms with van der Waals surface area (Å²) in [4.78, 5) is 12.6. The van der Waals surface area contributed by atoms with Crippen molar-refractivity contribution in [3.63, 3.8) is 0 Å². The van der Waals surface area contributed by atoms with E-state index in [0.29, 0.717) is 34.3 Å². The maximum absolute atomic E-state index is 13.7. The van der Waals surface area contributed by atoms with Crippen molar-refractivity contribution in [3.05, 3.63) is 94.2 Å². The molecule has 0 unspecified atom stereocenters. The zero-order valence-electron chi connectivity index (χ0n) is 18.1. The third-order valence-corrected chi connectivity index (χ3v) is 8.16. The van der Waals surface area contributed by atoms with E-state index in [9.17, 15) is 17.6 Å². The Labute approximate surface area is 213 Å². The Bertz CT molecular complexity index is 1220. The SMILES string of the molecule is O=C(CN(c1cccc(Cl)c1)S(=O)(=O)c1ccc(Cl)cc1)NCCCSCc1ccccc1F. The molecule has 0 aliphatic carbocycles. The highest BCUT2D eigenvalue weighted by molar-refractivity contribution is 7.98. The Hall–Kier alpha value is -2.26. The molecule has 0 saturated carbocycles. The lowest BCUT2D eigenvalue weighted by atomic mass is 10.2. The first-order valence-electron chi connectivity index (χ1n) is 10.4. The second-order valence-electron chi connectivity index (χ2n) is 7.29. The van der Waals surface area contributed by atoms with Crippen LogP contribution in [-0.4, -0.2) is 33.2 Å². The first-order chi connectivity index (χ1) is 16.3. The summed E-state index contributed by atoms with van der Waals surface area (Å²) in [7, 11) is -4.04. The molecule has 1 amide bonds. The van der Waals surface area contributed by atoms with Gasteiger partial charge in [-0.3, -0.25) is 9.10 Å². The van der Waals surface area contributed by atoms with Gasteiger partial charge in [-0.2, -0.15) is 11.8 Å². The van der Waals surface area contributed by atoms with E-state index in [1.54, 1.807) is 48.2 Å². The average molecular weight is 541 g/mol. The summed E-state index contributed by atoms with van der Waals surface area (Å²) in [6, 6.07) is 18.7. The molecule has 3 aromatic carbocycles. The number of amides is 1. The first-order valence-corrected chi connectivity index (χ1v) is 13.7. The highest BCUT2D eigenvalue weighted by atomic mass is 35.5. The maximum Gasteiger partial charge on any atom is 0.264 e. The molecule has 0 aromatic heterocycles. The first kappa shape index (κ1) is 26.3. The quantitative estimate of drug-likeness (QED) is 0.313. The fraction of sp³-hybridized carbons (Fsp3) is 0.208. The number of carbonyl (C=O) groups is 1. The number of rotatable bonds is 11. The van der Waals surface area contributed by atoms with E-state index >= 15 is 0 Å².